The molecule has 0 aromatic rings. The Morgan fingerprint density at radius 1 is 0.275 bits per heavy atom. The molecule has 0 rings (SSSR count). The molecule has 0 amide bonds. The molecule has 4 unspecified atom stereocenters. The molecule has 0 fully saturated rings. The summed E-state index contributed by atoms with van der Waals surface area (Å²) < 4.78 is 68.8. The van der Waals surface area contributed by atoms with Crippen LogP contribution in [0.1, 0.15) is 440 Å². The van der Waals surface area contributed by atoms with Crippen LogP contribution in [-0.2, 0) is 65.4 Å². The molecule has 0 aliphatic rings. The molecule has 7 atom stereocenters. The van der Waals surface area contributed by atoms with Crippen LogP contribution in [0.25, 0.3) is 0 Å². The first-order valence-corrected chi connectivity index (χ1v) is 46.1. The molecule has 0 radical (unpaired) electrons. The van der Waals surface area contributed by atoms with Gasteiger partial charge in [-0.2, -0.15) is 0 Å². The van der Waals surface area contributed by atoms with Crippen molar-refractivity contribution in [3.63, 3.8) is 0 Å². The fourth-order valence-electron chi connectivity index (χ4n) is 12.8. The lowest BCUT2D eigenvalue weighted by molar-refractivity contribution is -0.161. The highest BCUT2D eigenvalue weighted by molar-refractivity contribution is 7.47. The first kappa shape index (κ1) is 100. The van der Waals surface area contributed by atoms with E-state index in [2.05, 4.69) is 41.5 Å². The monoisotopic (exact) mass is 1490 g/mol. The van der Waals surface area contributed by atoms with Gasteiger partial charge in [0.25, 0.3) is 0 Å². The fourth-order valence-corrected chi connectivity index (χ4v) is 14.4. The third kappa shape index (κ3) is 73.6. The highest BCUT2D eigenvalue weighted by Crippen LogP contribution is 2.45. The molecular weight excluding hydrogens is 1330 g/mol. The molecule has 17 nitrogen and oxygen atoms in total. The number of carbonyl (C=O) groups is 4. The number of phosphoric ester groups is 2. The number of phosphoric acid groups is 2. The second-order valence-corrected chi connectivity index (χ2v) is 33.3. The summed E-state index contributed by atoms with van der Waals surface area (Å²) in [6, 6.07) is 0. The van der Waals surface area contributed by atoms with Crippen molar-refractivity contribution >= 4 is 39.5 Å². The summed E-state index contributed by atoms with van der Waals surface area (Å²) in [7, 11) is -9.92. The van der Waals surface area contributed by atoms with Crippen LogP contribution in [0.3, 0.4) is 0 Å². The normalized spacial score (nSPS) is 14.4. The second kappa shape index (κ2) is 74.5. The van der Waals surface area contributed by atoms with Gasteiger partial charge in [0, 0.05) is 25.7 Å². The van der Waals surface area contributed by atoms with Crippen LogP contribution in [0, 0.1) is 11.8 Å². The molecule has 0 aliphatic carbocycles. The van der Waals surface area contributed by atoms with Gasteiger partial charge in [0.1, 0.15) is 19.3 Å². The van der Waals surface area contributed by atoms with Crippen molar-refractivity contribution < 1.29 is 80.2 Å². The summed E-state index contributed by atoms with van der Waals surface area (Å²) in [6.45, 7) is 9.64. The van der Waals surface area contributed by atoms with E-state index in [-0.39, 0.29) is 25.7 Å². The molecule has 102 heavy (non-hydrogen) atoms. The van der Waals surface area contributed by atoms with Crippen molar-refractivity contribution in [2.45, 2.75) is 458 Å². The Bertz CT molecular complexity index is 1960. The maximum Gasteiger partial charge on any atom is 0.472 e. The maximum atomic E-state index is 13.1. The van der Waals surface area contributed by atoms with Crippen LogP contribution < -0.4 is 0 Å². The average molecular weight is 1490 g/mol. The number of hydrogen-bond donors (Lipinski definition) is 3. The smallest absolute Gasteiger partial charge is 0.462 e. The molecule has 0 saturated carbocycles. The van der Waals surface area contributed by atoms with Gasteiger partial charge in [-0.3, -0.25) is 37.3 Å². The van der Waals surface area contributed by atoms with E-state index in [1.54, 1.807) is 0 Å². The minimum Gasteiger partial charge on any atom is -0.462 e. The minimum absolute atomic E-state index is 0.105. The molecule has 19 heteroatoms. The molecule has 0 aliphatic heterocycles. The summed E-state index contributed by atoms with van der Waals surface area (Å²) in [5.41, 5.74) is 0. The first-order valence-electron chi connectivity index (χ1n) is 43.1. The number of aliphatic hydroxyl groups is 1. The van der Waals surface area contributed by atoms with Crippen molar-refractivity contribution in [1.29, 1.82) is 0 Å². The summed E-state index contributed by atoms with van der Waals surface area (Å²) in [5.74, 6) is -0.561. The predicted molar refractivity (Wildman–Crippen MR) is 418 cm³/mol. The molecule has 0 aromatic carbocycles. The maximum absolute atomic E-state index is 13.1. The molecule has 3 N–H and O–H groups in total. The van der Waals surface area contributed by atoms with E-state index in [4.69, 9.17) is 37.0 Å². The van der Waals surface area contributed by atoms with Gasteiger partial charge in [0.2, 0.25) is 0 Å². The molecule has 0 bridgehead atoms. The van der Waals surface area contributed by atoms with Crippen molar-refractivity contribution in [2.24, 2.45) is 11.8 Å². The van der Waals surface area contributed by atoms with Gasteiger partial charge in [-0.25, -0.2) is 9.13 Å². The van der Waals surface area contributed by atoms with Crippen molar-refractivity contribution in [2.75, 3.05) is 39.6 Å². The molecule has 0 saturated heterocycles. The van der Waals surface area contributed by atoms with E-state index < -0.39 is 97.5 Å². The molecule has 0 heterocycles. The standard InChI is InChI=1S/C83H162O17P2/c1-7-11-13-15-17-19-21-23-25-27-29-31-33-35-37-39-47-53-59-65-80(85)93-71-78(99-82(87)67-61-55-49-40-38-36-34-32-30-28-26-24-22-20-18-16-14-12-8-2)73-97-101(89,90)95-69-77(84)70-96-102(91,92)98-74-79(100-83(88)68-62-56-50-44-42-46-52-58-64-76(6)10-4)72-94-81(86)66-60-54-48-43-41-45-51-57-63-75(5)9-3/h75-79,84H,7-74H2,1-6H3,(H,89,90)(H,91,92)/t75?,76?,77-,78-,79-/m1/s1. The lowest BCUT2D eigenvalue weighted by atomic mass is 9.99. The van der Waals surface area contributed by atoms with Crippen LogP contribution in [0.5, 0.6) is 0 Å². The van der Waals surface area contributed by atoms with Crippen LogP contribution in [0.2, 0.25) is 0 Å². The number of rotatable bonds is 82. The molecule has 606 valence electrons. The number of esters is 4. The Balaban J connectivity index is 5.24. The topological polar surface area (TPSA) is 237 Å². The highest BCUT2D eigenvalue weighted by Gasteiger charge is 2.30. The Morgan fingerprint density at radius 2 is 0.471 bits per heavy atom. The van der Waals surface area contributed by atoms with Gasteiger partial charge in [-0.05, 0) is 37.5 Å². The van der Waals surface area contributed by atoms with Gasteiger partial charge >= 0.3 is 39.5 Å². The summed E-state index contributed by atoms with van der Waals surface area (Å²) in [5, 5.41) is 10.7. The Hall–Kier alpha value is -1.94. The summed E-state index contributed by atoms with van der Waals surface area (Å²) in [4.78, 5) is 73.1. The van der Waals surface area contributed by atoms with Crippen molar-refractivity contribution in [1.82, 2.24) is 0 Å². The fraction of sp³-hybridized carbons (Fsp3) is 0.952. The van der Waals surface area contributed by atoms with E-state index in [0.717, 1.165) is 102 Å². The van der Waals surface area contributed by atoms with Crippen LogP contribution in [0.4, 0.5) is 0 Å². The number of carbonyl (C=O) groups excluding carboxylic acids is 4. The SMILES string of the molecule is CCCCCCCCCCCCCCCCCCCCCC(=O)OC[C@H](COP(=O)(O)OC[C@@H](O)COP(=O)(O)OC[C@@H](COC(=O)CCCCCCCCCCC(C)CC)OC(=O)CCCCCCCCCCC(C)CC)OC(=O)CCCCCCCCCCCCCCCCCCCCC. The van der Waals surface area contributed by atoms with Crippen LogP contribution in [0.15, 0.2) is 0 Å². The zero-order valence-corrected chi connectivity index (χ0v) is 68.7. The molecular formula is C83H162O17P2. The van der Waals surface area contributed by atoms with Gasteiger partial charge in [-0.15, -0.1) is 0 Å². The number of unbranched alkanes of at least 4 members (excludes halogenated alkanes) is 50. The molecule has 0 aromatic heterocycles. The summed E-state index contributed by atoms with van der Waals surface area (Å²) in [6.07, 6.45) is 65.2. The number of aliphatic hydroxyl groups excluding tert-OH is 1. The van der Waals surface area contributed by atoms with E-state index in [1.165, 1.54) is 257 Å². The third-order valence-electron chi connectivity index (χ3n) is 20.2. The largest absolute Gasteiger partial charge is 0.472 e. The second-order valence-electron chi connectivity index (χ2n) is 30.4. The van der Waals surface area contributed by atoms with E-state index in [1.807, 2.05) is 0 Å². The third-order valence-corrected chi connectivity index (χ3v) is 22.1. The van der Waals surface area contributed by atoms with Gasteiger partial charge < -0.3 is 33.8 Å². The predicted octanol–water partition coefficient (Wildman–Crippen LogP) is 25.1. The number of ether oxygens (including phenoxy) is 4. The van der Waals surface area contributed by atoms with Crippen LogP contribution in [-0.4, -0.2) is 96.7 Å². The van der Waals surface area contributed by atoms with Gasteiger partial charge in [0.15, 0.2) is 12.2 Å². The zero-order valence-electron chi connectivity index (χ0n) is 66.9. The van der Waals surface area contributed by atoms with E-state index >= 15 is 0 Å². The average Bonchev–Trinajstić information content (AvgIpc) is 0.917. The van der Waals surface area contributed by atoms with Crippen molar-refractivity contribution in [3.05, 3.63) is 0 Å². The van der Waals surface area contributed by atoms with Gasteiger partial charge in [0.05, 0.1) is 26.4 Å². The highest BCUT2D eigenvalue weighted by atomic mass is 31.2. The van der Waals surface area contributed by atoms with Crippen LogP contribution >= 0.6 is 15.6 Å². The Labute approximate surface area is 626 Å². The van der Waals surface area contributed by atoms with Crippen molar-refractivity contribution in [3.8, 4) is 0 Å². The van der Waals surface area contributed by atoms with Gasteiger partial charge in [-0.1, -0.05) is 388 Å². The Kier molecular flexibility index (Phi) is 73.1. The first-order chi connectivity index (χ1) is 49.4. The minimum atomic E-state index is -4.96. The zero-order chi connectivity index (χ0) is 74.9. The quantitative estimate of drug-likeness (QED) is 0.0222. The van der Waals surface area contributed by atoms with E-state index in [0.29, 0.717) is 25.7 Å². The lowest BCUT2D eigenvalue weighted by Gasteiger charge is -2.21. The molecule has 0 spiro atoms. The van der Waals surface area contributed by atoms with E-state index in [9.17, 15) is 43.2 Å². The lowest BCUT2D eigenvalue weighted by Crippen LogP contribution is -2.30. The number of hydrogen-bond acceptors (Lipinski definition) is 15. The summed E-state index contributed by atoms with van der Waals surface area (Å²) >= 11 is 0. The Morgan fingerprint density at radius 3 is 0.696 bits per heavy atom.